The summed E-state index contributed by atoms with van der Waals surface area (Å²) in [6.07, 6.45) is 5.40. The van der Waals surface area contributed by atoms with Crippen LogP contribution in [-0.2, 0) is 12.8 Å². The molecular weight excluding hydrogens is 469 g/mol. The van der Waals surface area contributed by atoms with Gasteiger partial charge < -0.3 is 14.8 Å². The first kappa shape index (κ1) is 25.9. The molecule has 0 aromatic heterocycles. The highest BCUT2D eigenvalue weighted by atomic mass is 19.1. The van der Waals surface area contributed by atoms with Gasteiger partial charge in [0.1, 0.15) is 11.5 Å². The van der Waals surface area contributed by atoms with Crippen LogP contribution in [-0.4, -0.2) is 44.6 Å². The summed E-state index contributed by atoms with van der Waals surface area (Å²) >= 11 is 0. The number of amides is 2. The van der Waals surface area contributed by atoms with Crippen molar-refractivity contribution in [3.05, 3.63) is 88.2 Å². The number of ether oxygens (including phenoxy) is 2. The Morgan fingerprint density at radius 1 is 1.08 bits per heavy atom. The summed E-state index contributed by atoms with van der Waals surface area (Å²) < 4.78 is 26.3. The first-order valence-corrected chi connectivity index (χ1v) is 12.3. The lowest BCUT2D eigenvalue weighted by Gasteiger charge is -2.18. The Hall–Kier alpha value is -4.13. The van der Waals surface area contributed by atoms with E-state index in [1.54, 1.807) is 7.05 Å². The molecule has 3 aromatic rings. The monoisotopic (exact) mass is 501 g/mol. The first-order valence-electron chi connectivity index (χ1n) is 12.3. The van der Waals surface area contributed by atoms with Crippen molar-refractivity contribution in [1.29, 1.82) is 0 Å². The van der Waals surface area contributed by atoms with Crippen LogP contribution in [0.4, 0.5) is 9.18 Å². The van der Waals surface area contributed by atoms with Crippen molar-refractivity contribution in [1.82, 2.24) is 10.3 Å². The molecule has 4 rings (SSSR count). The maximum absolute atomic E-state index is 15.2. The van der Waals surface area contributed by atoms with Crippen LogP contribution < -0.4 is 14.8 Å². The molecule has 1 N–H and O–H groups in total. The maximum atomic E-state index is 15.2. The smallest absolute Gasteiger partial charge is 0.337 e. The van der Waals surface area contributed by atoms with Crippen LogP contribution in [0, 0.1) is 5.82 Å². The molecule has 0 saturated carbocycles. The van der Waals surface area contributed by atoms with Gasteiger partial charge in [0.05, 0.1) is 26.3 Å². The van der Waals surface area contributed by atoms with Gasteiger partial charge in [-0.3, -0.25) is 0 Å². The summed E-state index contributed by atoms with van der Waals surface area (Å²) in [5.41, 5.74) is 6.70. The van der Waals surface area contributed by atoms with Gasteiger partial charge in [0, 0.05) is 24.2 Å². The highest BCUT2D eigenvalue weighted by Crippen LogP contribution is 2.39. The average molecular weight is 502 g/mol. The number of nitrogens with one attached hydrogen (secondary N) is 1. The lowest BCUT2D eigenvalue weighted by atomic mass is 9.92. The van der Waals surface area contributed by atoms with E-state index >= 15 is 4.39 Å². The Morgan fingerprint density at radius 3 is 2.41 bits per heavy atom. The number of hydrogen-bond donors (Lipinski definition) is 1. The normalized spacial score (nSPS) is 13.1. The lowest BCUT2D eigenvalue weighted by molar-refractivity contribution is 0.203. The van der Waals surface area contributed by atoms with E-state index in [1.165, 1.54) is 36.4 Å². The van der Waals surface area contributed by atoms with Crippen molar-refractivity contribution < 1.29 is 18.7 Å². The molecule has 1 aliphatic rings. The third-order valence-corrected chi connectivity index (χ3v) is 6.57. The molecule has 3 aromatic carbocycles. The summed E-state index contributed by atoms with van der Waals surface area (Å²) in [5, 5.41) is 8.60. The van der Waals surface area contributed by atoms with Crippen LogP contribution in [0.25, 0.3) is 17.2 Å². The molecule has 7 heteroatoms. The number of allylic oxidation sites excluding steroid dienone is 1. The topological polar surface area (TPSA) is 63.2 Å². The van der Waals surface area contributed by atoms with Gasteiger partial charge in [-0.1, -0.05) is 55.5 Å². The molecule has 192 valence electrons. The summed E-state index contributed by atoms with van der Waals surface area (Å²) in [4.78, 5) is 12.5. The number of urea groups is 1. The summed E-state index contributed by atoms with van der Waals surface area (Å²) in [6, 6.07) is 15.3. The highest BCUT2D eigenvalue weighted by Gasteiger charge is 2.29. The number of rotatable bonds is 6. The fourth-order valence-electron chi connectivity index (χ4n) is 4.66. The average Bonchev–Trinajstić information content (AvgIpc) is 3.13. The predicted octanol–water partition coefficient (Wildman–Crippen LogP) is 6.06. The van der Waals surface area contributed by atoms with Gasteiger partial charge in [0.2, 0.25) is 0 Å². The van der Waals surface area contributed by atoms with E-state index < -0.39 is 5.82 Å². The van der Waals surface area contributed by atoms with Gasteiger partial charge in [-0.2, -0.15) is 5.10 Å². The molecule has 0 spiro atoms. The van der Waals surface area contributed by atoms with Gasteiger partial charge in [-0.15, -0.1) is 0 Å². The second-order valence-electron chi connectivity index (χ2n) is 8.67. The number of carbonyl (C=O) groups is 1. The molecule has 0 unspecified atom stereocenters. The summed E-state index contributed by atoms with van der Waals surface area (Å²) in [7, 11) is 4.52. The van der Waals surface area contributed by atoms with Crippen LogP contribution in [0.5, 0.6) is 11.5 Å². The number of hydrogen-bond acceptors (Lipinski definition) is 4. The quantitative estimate of drug-likeness (QED) is 0.447. The fraction of sp³-hybridized carbons (Fsp3) is 0.267. The molecule has 6 nitrogen and oxygen atoms in total. The number of nitrogens with zero attached hydrogens (tertiary/aromatic N) is 2. The fourth-order valence-corrected chi connectivity index (χ4v) is 4.66. The van der Waals surface area contributed by atoms with E-state index in [0.29, 0.717) is 22.6 Å². The molecule has 0 atom stereocenters. The largest absolute Gasteiger partial charge is 0.493 e. The van der Waals surface area contributed by atoms with Gasteiger partial charge in [-0.25, -0.2) is 14.2 Å². The number of aryl methyl sites for hydroxylation is 1. The van der Waals surface area contributed by atoms with Gasteiger partial charge in [0.25, 0.3) is 0 Å². The third kappa shape index (κ3) is 5.07. The van der Waals surface area contributed by atoms with Crippen LogP contribution in [0.3, 0.4) is 0 Å². The molecule has 0 fully saturated rings. The first-order chi connectivity index (χ1) is 17.9. The third-order valence-electron chi connectivity index (χ3n) is 6.57. The Balaban J connectivity index is 1.86. The molecule has 37 heavy (non-hydrogen) atoms. The second-order valence-corrected chi connectivity index (χ2v) is 8.67. The number of halogens is 1. The Kier molecular flexibility index (Phi) is 7.92. The van der Waals surface area contributed by atoms with Gasteiger partial charge >= 0.3 is 6.03 Å². The standard InChI is InChI=1S/C30H32FN3O3/c1-6-8-22-17-23(14-9-19(22)7-2)20-10-12-21(13-11-20)28-27-24(15-16-34(33-28)30(35)32-3)25(31)18-26(36-4)29(27)37-5/h6,8-14,17-18H,7,15-16H2,1-5H3,(H,32,35)/b8-6-. The van der Waals surface area contributed by atoms with Crippen LogP contribution in [0.2, 0.25) is 0 Å². The minimum Gasteiger partial charge on any atom is -0.493 e. The molecule has 2 amide bonds. The summed E-state index contributed by atoms with van der Waals surface area (Å²) in [5.74, 6) is 0.221. The highest BCUT2D eigenvalue weighted by molar-refractivity contribution is 6.16. The minimum atomic E-state index is -0.428. The van der Waals surface area contributed by atoms with E-state index in [-0.39, 0.29) is 24.7 Å². The maximum Gasteiger partial charge on any atom is 0.337 e. The van der Waals surface area contributed by atoms with Crippen molar-refractivity contribution in [3.63, 3.8) is 0 Å². The molecular formula is C30H32FN3O3. The number of fused-ring (bicyclic) bond motifs is 1. The zero-order valence-corrected chi connectivity index (χ0v) is 21.9. The molecule has 0 saturated heterocycles. The minimum absolute atomic E-state index is 0.220. The van der Waals surface area contributed by atoms with Crippen LogP contribution in [0.15, 0.2) is 59.7 Å². The Morgan fingerprint density at radius 2 is 1.78 bits per heavy atom. The summed E-state index contributed by atoms with van der Waals surface area (Å²) in [6.45, 7) is 4.38. The van der Waals surface area contributed by atoms with Crippen molar-refractivity contribution in [3.8, 4) is 22.6 Å². The molecule has 0 aliphatic carbocycles. The van der Waals surface area contributed by atoms with E-state index in [9.17, 15) is 4.79 Å². The van der Waals surface area contributed by atoms with Crippen LogP contribution in [0.1, 0.15) is 41.7 Å². The molecule has 1 aliphatic heterocycles. The number of hydrazone groups is 1. The predicted molar refractivity (Wildman–Crippen MR) is 146 cm³/mol. The Bertz CT molecular complexity index is 1360. The second kappa shape index (κ2) is 11.3. The van der Waals surface area contributed by atoms with Crippen molar-refractivity contribution in [2.24, 2.45) is 5.10 Å². The van der Waals surface area contributed by atoms with E-state index in [0.717, 1.165) is 23.1 Å². The number of benzene rings is 3. The SMILES string of the molecule is C/C=C\c1cc(-c2ccc(C3=NN(C(=O)NC)CCc4c(F)cc(OC)c(OC)c43)cc2)ccc1CC. The number of carbonyl (C=O) groups excluding carboxylic acids is 1. The van der Waals surface area contributed by atoms with E-state index in [1.807, 2.05) is 37.3 Å². The molecule has 0 bridgehead atoms. The molecule has 1 heterocycles. The van der Waals surface area contributed by atoms with Crippen molar-refractivity contribution in [2.45, 2.75) is 26.7 Å². The zero-order valence-electron chi connectivity index (χ0n) is 21.9. The Labute approximate surface area is 217 Å². The van der Waals surface area contributed by atoms with Gasteiger partial charge in [-0.05, 0) is 48.1 Å². The lowest BCUT2D eigenvalue weighted by Crippen LogP contribution is -2.35. The number of methoxy groups -OCH3 is 2. The van der Waals surface area contributed by atoms with E-state index in [4.69, 9.17) is 9.47 Å². The molecule has 0 radical (unpaired) electrons. The van der Waals surface area contributed by atoms with Crippen molar-refractivity contribution in [2.75, 3.05) is 27.8 Å². The van der Waals surface area contributed by atoms with E-state index in [2.05, 4.69) is 41.6 Å². The van der Waals surface area contributed by atoms with Crippen molar-refractivity contribution >= 4 is 17.8 Å². The van der Waals surface area contributed by atoms with Crippen LogP contribution >= 0.6 is 0 Å². The van der Waals surface area contributed by atoms with Gasteiger partial charge in [0.15, 0.2) is 11.5 Å². The zero-order chi connectivity index (χ0) is 26.5.